The quantitative estimate of drug-likeness (QED) is 0.900. The van der Waals surface area contributed by atoms with Gasteiger partial charge in [0.05, 0.1) is 6.04 Å². The molecular weight excluding hydrogens is 308 g/mol. The molecule has 0 bridgehead atoms. The molecular formula is C18H16N2O4. The van der Waals surface area contributed by atoms with Gasteiger partial charge in [-0.05, 0) is 23.2 Å². The smallest absolute Gasteiger partial charge is 0.265 e. The molecule has 24 heavy (non-hydrogen) atoms. The van der Waals surface area contributed by atoms with E-state index in [1.165, 1.54) is 6.08 Å². The summed E-state index contributed by atoms with van der Waals surface area (Å²) >= 11 is 0. The maximum Gasteiger partial charge on any atom is 0.265 e. The van der Waals surface area contributed by atoms with Crippen LogP contribution in [0.2, 0.25) is 0 Å². The number of carbonyl (C=O) groups excluding carboxylic acids is 1. The fraction of sp³-hybridized carbons (Fsp3) is 0.222. The van der Waals surface area contributed by atoms with Gasteiger partial charge in [-0.15, -0.1) is 0 Å². The second-order valence-corrected chi connectivity index (χ2v) is 5.90. The van der Waals surface area contributed by atoms with Crippen molar-refractivity contribution in [3.8, 4) is 5.88 Å². The van der Waals surface area contributed by atoms with Crippen LogP contribution in [0, 0.1) is 5.92 Å². The van der Waals surface area contributed by atoms with Crippen molar-refractivity contribution in [1.29, 1.82) is 0 Å². The highest BCUT2D eigenvalue weighted by Crippen LogP contribution is 2.46. The van der Waals surface area contributed by atoms with Crippen molar-refractivity contribution in [3.05, 3.63) is 64.9 Å². The molecule has 1 aromatic carbocycles. The first-order valence-electron chi connectivity index (χ1n) is 7.73. The molecule has 0 fully saturated rings. The molecule has 0 saturated heterocycles. The lowest BCUT2D eigenvalue weighted by Gasteiger charge is -2.30. The van der Waals surface area contributed by atoms with E-state index in [2.05, 4.69) is 5.16 Å². The monoisotopic (exact) mass is 324 g/mol. The van der Waals surface area contributed by atoms with Crippen LogP contribution in [0.25, 0.3) is 5.76 Å². The Balaban J connectivity index is 1.70. The number of rotatable bonds is 3. The highest BCUT2D eigenvalue weighted by atomic mass is 16.5. The average molecular weight is 324 g/mol. The molecule has 122 valence electrons. The molecule has 3 N–H and O–H groups in total. The van der Waals surface area contributed by atoms with Crippen LogP contribution in [0.5, 0.6) is 5.88 Å². The van der Waals surface area contributed by atoms with E-state index in [0.717, 1.165) is 5.56 Å². The fourth-order valence-corrected chi connectivity index (χ4v) is 3.21. The predicted octanol–water partition coefficient (Wildman–Crippen LogP) is 2.68. The molecule has 2 atom stereocenters. The van der Waals surface area contributed by atoms with E-state index >= 15 is 0 Å². The van der Waals surface area contributed by atoms with Crippen LogP contribution in [-0.4, -0.2) is 16.0 Å². The first-order valence-corrected chi connectivity index (χ1v) is 7.73. The number of ether oxygens (including phenoxy) is 1. The molecule has 0 amide bonds. The lowest BCUT2D eigenvalue weighted by Crippen LogP contribution is -2.32. The van der Waals surface area contributed by atoms with E-state index in [0.29, 0.717) is 17.8 Å². The van der Waals surface area contributed by atoms with Crippen LogP contribution in [0.4, 0.5) is 0 Å². The van der Waals surface area contributed by atoms with E-state index in [1.807, 2.05) is 30.3 Å². The number of allylic oxidation sites excluding steroid dienone is 2. The maximum absolute atomic E-state index is 12.2. The Kier molecular flexibility index (Phi) is 3.46. The number of nitrogens with zero attached hydrogens (tertiary/aromatic N) is 1. The van der Waals surface area contributed by atoms with Crippen molar-refractivity contribution in [2.45, 2.75) is 19.1 Å². The molecule has 0 unspecified atom stereocenters. The van der Waals surface area contributed by atoms with Gasteiger partial charge in [-0.1, -0.05) is 36.4 Å². The molecule has 0 spiro atoms. The van der Waals surface area contributed by atoms with Crippen molar-refractivity contribution < 1.29 is 19.2 Å². The molecule has 2 aliphatic carbocycles. The van der Waals surface area contributed by atoms with E-state index in [9.17, 15) is 9.90 Å². The second kappa shape index (κ2) is 5.65. The van der Waals surface area contributed by atoms with Gasteiger partial charge in [-0.3, -0.25) is 4.79 Å². The molecule has 0 saturated carbocycles. The summed E-state index contributed by atoms with van der Waals surface area (Å²) in [5, 5.41) is 14.5. The van der Waals surface area contributed by atoms with Crippen molar-refractivity contribution in [3.63, 3.8) is 0 Å². The van der Waals surface area contributed by atoms with Gasteiger partial charge >= 0.3 is 0 Å². The lowest BCUT2D eigenvalue weighted by atomic mass is 9.76. The standard InChI is InChI=1S/C18H16N2O4/c19-15-11-7-4-8-12(21)13(11)16(22)14-17(15)24-20-18(14)23-9-10-5-2-1-3-6-10/h1-6,8,11,15,22H,7,9,19H2/t11-,15-/m1/s1. The summed E-state index contributed by atoms with van der Waals surface area (Å²) in [5.74, 6) is -0.178. The number of hydrogen-bond acceptors (Lipinski definition) is 6. The zero-order valence-corrected chi connectivity index (χ0v) is 12.8. The van der Waals surface area contributed by atoms with Crippen LogP contribution < -0.4 is 10.5 Å². The number of benzene rings is 1. The third-order valence-corrected chi connectivity index (χ3v) is 4.43. The molecule has 0 aliphatic heterocycles. The number of ketones is 1. The van der Waals surface area contributed by atoms with Crippen LogP contribution in [-0.2, 0) is 11.4 Å². The van der Waals surface area contributed by atoms with Crippen molar-refractivity contribution >= 4 is 11.5 Å². The molecule has 2 aliphatic rings. The van der Waals surface area contributed by atoms with Crippen LogP contribution >= 0.6 is 0 Å². The predicted molar refractivity (Wildman–Crippen MR) is 86.0 cm³/mol. The summed E-state index contributed by atoms with van der Waals surface area (Å²) in [6, 6.07) is 9.03. The Labute approximate surface area is 138 Å². The van der Waals surface area contributed by atoms with E-state index in [-0.39, 0.29) is 35.5 Å². The summed E-state index contributed by atoms with van der Waals surface area (Å²) in [4.78, 5) is 12.2. The lowest BCUT2D eigenvalue weighted by molar-refractivity contribution is -0.112. The van der Waals surface area contributed by atoms with Crippen molar-refractivity contribution in [2.75, 3.05) is 0 Å². The number of aliphatic hydroxyl groups excluding tert-OH is 1. The molecule has 6 nitrogen and oxygen atoms in total. The first kappa shape index (κ1) is 14.7. The van der Waals surface area contributed by atoms with Crippen molar-refractivity contribution in [1.82, 2.24) is 5.16 Å². The van der Waals surface area contributed by atoms with E-state index in [4.69, 9.17) is 15.0 Å². The van der Waals surface area contributed by atoms with Gasteiger partial charge in [-0.2, -0.15) is 0 Å². The Bertz CT molecular complexity index is 851. The molecule has 0 radical (unpaired) electrons. The third-order valence-electron chi connectivity index (χ3n) is 4.43. The summed E-state index contributed by atoms with van der Waals surface area (Å²) in [6.45, 7) is 0.273. The zero-order valence-electron chi connectivity index (χ0n) is 12.8. The Morgan fingerprint density at radius 3 is 2.92 bits per heavy atom. The highest BCUT2D eigenvalue weighted by Gasteiger charge is 2.42. The minimum atomic E-state index is -0.540. The molecule has 4 rings (SSSR count). The zero-order chi connectivity index (χ0) is 16.7. The van der Waals surface area contributed by atoms with Gasteiger partial charge in [0.25, 0.3) is 5.88 Å². The average Bonchev–Trinajstić information content (AvgIpc) is 3.03. The van der Waals surface area contributed by atoms with Gasteiger partial charge in [0.2, 0.25) is 0 Å². The number of hydrogen-bond donors (Lipinski definition) is 2. The number of aliphatic hydroxyl groups is 1. The fourth-order valence-electron chi connectivity index (χ4n) is 3.21. The maximum atomic E-state index is 12.2. The number of carbonyl (C=O) groups is 1. The van der Waals surface area contributed by atoms with Crippen LogP contribution in [0.3, 0.4) is 0 Å². The minimum Gasteiger partial charge on any atom is -0.507 e. The number of nitrogens with two attached hydrogens (primary N) is 1. The number of fused-ring (bicyclic) bond motifs is 2. The van der Waals surface area contributed by atoms with E-state index < -0.39 is 6.04 Å². The normalized spacial score (nSPS) is 22.3. The largest absolute Gasteiger partial charge is 0.507 e. The van der Waals surface area contributed by atoms with Gasteiger partial charge in [0.1, 0.15) is 17.9 Å². The minimum absolute atomic E-state index is 0.143. The molecule has 2 aromatic rings. The van der Waals surface area contributed by atoms with Crippen LogP contribution in [0.15, 0.2) is 52.6 Å². The SMILES string of the molecule is N[C@H]1c2onc(OCc3ccccc3)c2C(O)=C2C(=O)C=CC[C@H]21. The van der Waals surface area contributed by atoms with Crippen molar-refractivity contribution in [2.24, 2.45) is 11.7 Å². The molecule has 1 aromatic heterocycles. The van der Waals surface area contributed by atoms with E-state index in [1.54, 1.807) is 6.08 Å². The van der Waals surface area contributed by atoms with Gasteiger partial charge < -0.3 is 20.1 Å². The van der Waals surface area contributed by atoms with Gasteiger partial charge in [-0.25, -0.2) is 0 Å². The Hall–Kier alpha value is -2.86. The van der Waals surface area contributed by atoms with Gasteiger partial charge in [0.15, 0.2) is 11.5 Å². The summed E-state index contributed by atoms with van der Waals surface area (Å²) in [7, 11) is 0. The highest BCUT2D eigenvalue weighted by molar-refractivity contribution is 6.10. The summed E-state index contributed by atoms with van der Waals surface area (Å²) < 4.78 is 11.0. The Morgan fingerprint density at radius 1 is 1.33 bits per heavy atom. The number of aromatic nitrogens is 1. The first-order chi connectivity index (χ1) is 11.7. The summed E-state index contributed by atoms with van der Waals surface area (Å²) in [6.07, 6.45) is 3.79. The topological polar surface area (TPSA) is 98.6 Å². The molecule has 1 heterocycles. The van der Waals surface area contributed by atoms with Gasteiger partial charge in [0, 0.05) is 11.5 Å². The Morgan fingerprint density at radius 2 is 2.12 bits per heavy atom. The second-order valence-electron chi connectivity index (χ2n) is 5.90. The third kappa shape index (κ3) is 2.23. The summed E-state index contributed by atoms with van der Waals surface area (Å²) in [5.41, 5.74) is 7.78. The molecule has 6 heteroatoms. The van der Waals surface area contributed by atoms with Crippen LogP contribution in [0.1, 0.15) is 29.3 Å².